The summed E-state index contributed by atoms with van der Waals surface area (Å²) in [5.41, 5.74) is 0.118. The van der Waals surface area contributed by atoms with Crippen LogP contribution in [0.5, 0.6) is 0 Å². The first kappa shape index (κ1) is 12.7. The molecule has 0 saturated carbocycles. The topological polar surface area (TPSA) is 49.4 Å². The minimum atomic E-state index is -0.765. The van der Waals surface area contributed by atoms with Crippen LogP contribution in [0.1, 0.15) is 34.1 Å². The van der Waals surface area contributed by atoms with E-state index in [0.717, 1.165) is 5.57 Å². The Kier molecular flexibility index (Phi) is 3.41. The molecular weight excluding hydrogens is 204 g/mol. The van der Waals surface area contributed by atoms with Crippen molar-refractivity contribution in [2.45, 2.75) is 45.7 Å². The minimum absolute atomic E-state index is 0.0231. The molecule has 2 amide bonds. The van der Waals surface area contributed by atoms with Gasteiger partial charge in [-0.2, -0.15) is 0 Å². The largest absolute Gasteiger partial charge is 0.340 e. The van der Waals surface area contributed by atoms with Crippen LogP contribution in [0, 0.1) is 0 Å². The van der Waals surface area contributed by atoms with Crippen LogP contribution < -0.4 is 5.32 Å². The molecule has 1 rings (SSSR count). The highest BCUT2D eigenvalue weighted by molar-refractivity contribution is 5.99. The zero-order valence-corrected chi connectivity index (χ0v) is 10.5. The Balaban J connectivity index is 2.99. The third kappa shape index (κ3) is 2.10. The van der Waals surface area contributed by atoms with Gasteiger partial charge in [0.25, 0.3) is 0 Å². The molecule has 1 fully saturated rings. The molecule has 1 aliphatic heterocycles. The zero-order chi connectivity index (χ0) is 12.5. The van der Waals surface area contributed by atoms with Crippen LogP contribution in [0.4, 0.5) is 0 Å². The third-order valence-electron chi connectivity index (χ3n) is 3.13. The van der Waals surface area contributed by atoms with Gasteiger partial charge in [-0.25, -0.2) is 0 Å². The maximum atomic E-state index is 12.2. The van der Waals surface area contributed by atoms with Gasteiger partial charge in [-0.15, -0.1) is 0 Å². The zero-order valence-electron chi connectivity index (χ0n) is 10.5. The predicted octanol–water partition coefficient (Wildman–Crippen LogP) is 1.08. The second-order valence-electron chi connectivity index (χ2n) is 4.74. The van der Waals surface area contributed by atoms with Gasteiger partial charge < -0.3 is 10.2 Å². The number of carbonyl (C=O) groups excluding carboxylic acids is 2. The normalized spacial score (nSPS) is 30.2. The van der Waals surface area contributed by atoms with Gasteiger partial charge in [0.15, 0.2) is 0 Å². The van der Waals surface area contributed by atoms with E-state index in [2.05, 4.69) is 11.9 Å². The first-order valence-electron chi connectivity index (χ1n) is 5.59. The summed E-state index contributed by atoms with van der Waals surface area (Å²) in [5.74, 6) is -0.115. The van der Waals surface area contributed by atoms with E-state index in [1.165, 1.54) is 0 Å². The van der Waals surface area contributed by atoms with E-state index in [0.29, 0.717) is 13.0 Å². The molecule has 4 heteroatoms. The second kappa shape index (κ2) is 4.28. The molecular formula is C12H20N2O2. The maximum Gasteiger partial charge on any atom is 0.248 e. The molecule has 16 heavy (non-hydrogen) atoms. The van der Waals surface area contributed by atoms with E-state index in [4.69, 9.17) is 0 Å². The lowest BCUT2D eigenvalue weighted by atomic mass is 9.92. The van der Waals surface area contributed by atoms with Gasteiger partial charge in [0, 0.05) is 6.54 Å². The summed E-state index contributed by atoms with van der Waals surface area (Å²) < 4.78 is 0. The molecule has 4 nitrogen and oxygen atoms in total. The summed E-state index contributed by atoms with van der Waals surface area (Å²) in [6.07, 6.45) is 0.594. The van der Waals surface area contributed by atoms with Gasteiger partial charge in [-0.3, -0.25) is 9.59 Å². The van der Waals surface area contributed by atoms with Crippen molar-refractivity contribution in [3.05, 3.63) is 12.2 Å². The standard InChI is InChI=1S/C12H20N2O2/c1-6-12(5)11(16)14(7-8(2)3)9(4)10(15)13-12/h9H,2,6-7H2,1,3-5H3,(H,13,15). The van der Waals surface area contributed by atoms with Crippen molar-refractivity contribution in [1.82, 2.24) is 10.2 Å². The van der Waals surface area contributed by atoms with Crippen LogP contribution in [-0.4, -0.2) is 34.8 Å². The van der Waals surface area contributed by atoms with E-state index in [1.54, 1.807) is 18.7 Å². The van der Waals surface area contributed by atoms with Crippen molar-refractivity contribution in [3.8, 4) is 0 Å². The fourth-order valence-electron chi connectivity index (χ4n) is 1.80. The fraction of sp³-hybridized carbons (Fsp3) is 0.667. The number of hydrogen-bond donors (Lipinski definition) is 1. The molecule has 1 heterocycles. The van der Waals surface area contributed by atoms with Crippen molar-refractivity contribution in [2.24, 2.45) is 0 Å². The minimum Gasteiger partial charge on any atom is -0.340 e. The fourth-order valence-corrected chi connectivity index (χ4v) is 1.80. The van der Waals surface area contributed by atoms with Gasteiger partial charge in [-0.1, -0.05) is 19.1 Å². The molecule has 2 atom stereocenters. The lowest BCUT2D eigenvalue weighted by molar-refractivity contribution is -0.153. The first-order valence-corrected chi connectivity index (χ1v) is 5.59. The van der Waals surface area contributed by atoms with E-state index in [1.807, 2.05) is 13.8 Å². The molecule has 2 unspecified atom stereocenters. The number of amides is 2. The highest BCUT2D eigenvalue weighted by Crippen LogP contribution is 2.21. The lowest BCUT2D eigenvalue weighted by Crippen LogP contribution is -2.68. The Labute approximate surface area is 96.7 Å². The van der Waals surface area contributed by atoms with Crippen LogP contribution in [0.15, 0.2) is 12.2 Å². The highest BCUT2D eigenvalue weighted by Gasteiger charge is 2.44. The van der Waals surface area contributed by atoms with Gasteiger partial charge in [0.05, 0.1) is 0 Å². The van der Waals surface area contributed by atoms with Gasteiger partial charge in [0.2, 0.25) is 11.8 Å². The molecule has 90 valence electrons. The summed E-state index contributed by atoms with van der Waals surface area (Å²) in [4.78, 5) is 25.6. The maximum absolute atomic E-state index is 12.2. The Morgan fingerprint density at radius 2 is 2.12 bits per heavy atom. The van der Waals surface area contributed by atoms with Crippen molar-refractivity contribution in [2.75, 3.05) is 6.54 Å². The van der Waals surface area contributed by atoms with E-state index in [-0.39, 0.29) is 11.8 Å². The summed E-state index contributed by atoms with van der Waals surface area (Å²) >= 11 is 0. The molecule has 0 aliphatic carbocycles. The number of carbonyl (C=O) groups is 2. The van der Waals surface area contributed by atoms with Crippen molar-refractivity contribution in [3.63, 3.8) is 0 Å². The Bertz CT molecular complexity index is 338. The Morgan fingerprint density at radius 3 is 2.56 bits per heavy atom. The number of hydrogen-bond acceptors (Lipinski definition) is 2. The van der Waals surface area contributed by atoms with Crippen LogP contribution in [0.3, 0.4) is 0 Å². The van der Waals surface area contributed by atoms with Crippen LogP contribution in [-0.2, 0) is 9.59 Å². The molecule has 0 aromatic heterocycles. The number of rotatable bonds is 3. The quantitative estimate of drug-likeness (QED) is 0.729. The molecule has 0 aromatic carbocycles. The predicted molar refractivity (Wildman–Crippen MR) is 62.8 cm³/mol. The Morgan fingerprint density at radius 1 is 1.56 bits per heavy atom. The molecule has 0 radical (unpaired) electrons. The average molecular weight is 224 g/mol. The molecule has 0 aromatic rings. The van der Waals surface area contributed by atoms with E-state index >= 15 is 0 Å². The lowest BCUT2D eigenvalue weighted by Gasteiger charge is -2.43. The molecule has 0 spiro atoms. The van der Waals surface area contributed by atoms with Gasteiger partial charge in [-0.05, 0) is 27.2 Å². The average Bonchev–Trinajstić information content (AvgIpc) is 2.21. The highest BCUT2D eigenvalue weighted by atomic mass is 16.2. The molecule has 1 N–H and O–H groups in total. The van der Waals surface area contributed by atoms with Crippen LogP contribution in [0.2, 0.25) is 0 Å². The number of nitrogens with one attached hydrogen (secondary N) is 1. The Hall–Kier alpha value is -1.32. The van der Waals surface area contributed by atoms with Crippen LogP contribution >= 0.6 is 0 Å². The SMILES string of the molecule is C=C(C)CN1C(=O)C(C)(CC)NC(=O)C1C. The van der Waals surface area contributed by atoms with Crippen LogP contribution in [0.25, 0.3) is 0 Å². The second-order valence-corrected chi connectivity index (χ2v) is 4.74. The van der Waals surface area contributed by atoms with Gasteiger partial charge >= 0.3 is 0 Å². The summed E-state index contributed by atoms with van der Waals surface area (Å²) in [5, 5.41) is 2.79. The molecule has 1 aliphatic rings. The van der Waals surface area contributed by atoms with Crippen molar-refractivity contribution in [1.29, 1.82) is 0 Å². The number of piperazine rings is 1. The molecule has 1 saturated heterocycles. The monoisotopic (exact) mass is 224 g/mol. The van der Waals surface area contributed by atoms with Crippen molar-refractivity contribution >= 4 is 11.8 Å². The van der Waals surface area contributed by atoms with Crippen molar-refractivity contribution < 1.29 is 9.59 Å². The first-order chi connectivity index (χ1) is 7.31. The third-order valence-corrected chi connectivity index (χ3v) is 3.13. The number of nitrogens with zero attached hydrogens (tertiary/aromatic N) is 1. The summed E-state index contributed by atoms with van der Waals surface area (Å²) in [6, 6.07) is -0.413. The van der Waals surface area contributed by atoms with E-state index < -0.39 is 11.6 Å². The molecule has 0 bridgehead atoms. The van der Waals surface area contributed by atoms with E-state index in [9.17, 15) is 9.59 Å². The summed E-state index contributed by atoms with van der Waals surface area (Å²) in [7, 11) is 0. The smallest absolute Gasteiger partial charge is 0.248 e. The summed E-state index contributed by atoms with van der Waals surface area (Å²) in [6.45, 7) is 11.5. The van der Waals surface area contributed by atoms with Gasteiger partial charge in [0.1, 0.15) is 11.6 Å².